The van der Waals surface area contributed by atoms with Crippen molar-refractivity contribution in [3.63, 3.8) is 0 Å². The number of hydrogen-bond donors (Lipinski definition) is 1. The molecule has 1 saturated heterocycles. The van der Waals surface area contributed by atoms with Crippen molar-refractivity contribution < 1.29 is 14.5 Å². The van der Waals surface area contributed by atoms with E-state index in [1.807, 2.05) is 18.2 Å². The molecule has 0 radical (unpaired) electrons. The van der Waals surface area contributed by atoms with Gasteiger partial charge >= 0.3 is 0 Å². The number of nitro benzene ring substituents is 1. The predicted octanol–water partition coefficient (Wildman–Crippen LogP) is 3.45. The zero-order valence-electron chi connectivity index (χ0n) is 13.3. The number of benzene rings is 2. The molecule has 0 unspecified atom stereocenters. The number of amides is 1. The van der Waals surface area contributed by atoms with Crippen molar-refractivity contribution in [2.45, 2.75) is 0 Å². The van der Waals surface area contributed by atoms with Crippen LogP contribution in [-0.4, -0.2) is 37.1 Å². The summed E-state index contributed by atoms with van der Waals surface area (Å²) in [7, 11) is 0. The number of halogens is 1. The zero-order chi connectivity index (χ0) is 17.8. The summed E-state index contributed by atoms with van der Waals surface area (Å²) in [6.45, 7) is 2.74. The van der Waals surface area contributed by atoms with Crippen molar-refractivity contribution in [3.05, 3.63) is 62.6 Å². The molecule has 0 bridgehead atoms. The summed E-state index contributed by atoms with van der Waals surface area (Å²) in [6, 6.07) is 11.3. The minimum Gasteiger partial charge on any atom is -0.378 e. The summed E-state index contributed by atoms with van der Waals surface area (Å²) >= 11 is 3.41. The van der Waals surface area contributed by atoms with Gasteiger partial charge in [-0.3, -0.25) is 14.9 Å². The lowest BCUT2D eigenvalue weighted by atomic mass is 10.1. The molecule has 2 aromatic rings. The van der Waals surface area contributed by atoms with Crippen LogP contribution in [0.25, 0.3) is 0 Å². The van der Waals surface area contributed by atoms with Crippen molar-refractivity contribution in [1.29, 1.82) is 0 Å². The molecule has 7 nitrogen and oxygen atoms in total. The minimum atomic E-state index is -0.519. The first-order valence-corrected chi connectivity index (χ1v) is 8.52. The molecule has 1 N–H and O–H groups in total. The summed E-state index contributed by atoms with van der Waals surface area (Å²) in [5, 5.41) is 13.7. The summed E-state index contributed by atoms with van der Waals surface area (Å²) < 4.78 is 6.20. The molecule has 0 aromatic heterocycles. The van der Waals surface area contributed by atoms with Crippen molar-refractivity contribution in [2.75, 3.05) is 36.5 Å². The van der Waals surface area contributed by atoms with Crippen LogP contribution in [0.1, 0.15) is 10.4 Å². The third-order valence-electron chi connectivity index (χ3n) is 3.88. The van der Waals surface area contributed by atoms with Crippen LogP contribution in [0.2, 0.25) is 0 Å². The van der Waals surface area contributed by atoms with Crippen LogP contribution in [-0.2, 0) is 4.74 Å². The van der Waals surface area contributed by atoms with Crippen LogP contribution in [0.3, 0.4) is 0 Å². The van der Waals surface area contributed by atoms with E-state index in [0.29, 0.717) is 18.9 Å². The SMILES string of the molecule is O=C(Nc1cc(Br)ccc1N1CCOCC1)c1cccc([N+](=O)[O-])c1. The van der Waals surface area contributed by atoms with Crippen molar-refractivity contribution in [1.82, 2.24) is 0 Å². The lowest BCUT2D eigenvalue weighted by Crippen LogP contribution is -2.36. The van der Waals surface area contributed by atoms with Gasteiger partial charge in [-0.2, -0.15) is 0 Å². The van der Waals surface area contributed by atoms with Gasteiger partial charge in [-0.15, -0.1) is 0 Å². The number of nitrogens with one attached hydrogen (secondary N) is 1. The van der Waals surface area contributed by atoms with E-state index in [9.17, 15) is 14.9 Å². The topological polar surface area (TPSA) is 84.7 Å². The average Bonchev–Trinajstić information content (AvgIpc) is 2.62. The van der Waals surface area contributed by atoms with Crippen LogP contribution in [0.5, 0.6) is 0 Å². The van der Waals surface area contributed by atoms with E-state index in [-0.39, 0.29) is 11.3 Å². The number of non-ortho nitro benzene ring substituents is 1. The number of rotatable bonds is 4. The molecular formula is C17H16BrN3O4. The van der Waals surface area contributed by atoms with Gasteiger partial charge in [-0.05, 0) is 24.3 Å². The molecule has 25 heavy (non-hydrogen) atoms. The Morgan fingerprint density at radius 2 is 1.96 bits per heavy atom. The van der Waals surface area contributed by atoms with E-state index in [1.54, 1.807) is 6.07 Å². The molecule has 3 rings (SSSR count). The molecule has 1 heterocycles. The third kappa shape index (κ3) is 4.15. The first kappa shape index (κ1) is 17.4. The Hall–Kier alpha value is -2.45. The maximum absolute atomic E-state index is 12.5. The fraction of sp³-hybridized carbons (Fsp3) is 0.235. The van der Waals surface area contributed by atoms with Gasteiger partial charge in [0, 0.05) is 35.3 Å². The average molecular weight is 406 g/mol. The number of anilines is 2. The fourth-order valence-electron chi connectivity index (χ4n) is 2.64. The molecule has 1 fully saturated rings. The largest absolute Gasteiger partial charge is 0.378 e. The van der Waals surface area contributed by atoms with Gasteiger partial charge in [0.2, 0.25) is 0 Å². The highest BCUT2D eigenvalue weighted by Crippen LogP contribution is 2.30. The molecule has 0 aliphatic carbocycles. The Morgan fingerprint density at radius 1 is 1.20 bits per heavy atom. The van der Waals surface area contributed by atoms with Gasteiger partial charge in [-0.1, -0.05) is 22.0 Å². The number of carbonyl (C=O) groups excluding carboxylic acids is 1. The number of carbonyl (C=O) groups is 1. The van der Waals surface area contributed by atoms with E-state index in [2.05, 4.69) is 26.1 Å². The van der Waals surface area contributed by atoms with E-state index < -0.39 is 10.8 Å². The Kier molecular flexibility index (Phi) is 5.30. The lowest BCUT2D eigenvalue weighted by molar-refractivity contribution is -0.384. The maximum atomic E-state index is 12.5. The molecule has 1 amide bonds. The number of morpholine rings is 1. The Bertz CT molecular complexity index is 806. The van der Waals surface area contributed by atoms with Crippen molar-refractivity contribution in [2.24, 2.45) is 0 Å². The van der Waals surface area contributed by atoms with Crippen LogP contribution in [0.4, 0.5) is 17.1 Å². The summed E-state index contributed by atoms with van der Waals surface area (Å²) in [5.41, 5.74) is 1.66. The van der Waals surface area contributed by atoms with Crippen LogP contribution < -0.4 is 10.2 Å². The van der Waals surface area contributed by atoms with E-state index >= 15 is 0 Å². The molecule has 0 atom stereocenters. The smallest absolute Gasteiger partial charge is 0.270 e. The predicted molar refractivity (Wildman–Crippen MR) is 98.2 cm³/mol. The Morgan fingerprint density at radius 3 is 2.68 bits per heavy atom. The second-order valence-electron chi connectivity index (χ2n) is 5.52. The summed E-state index contributed by atoms with van der Waals surface area (Å²) in [4.78, 5) is 25.1. The molecular weight excluding hydrogens is 390 g/mol. The normalized spacial score (nSPS) is 14.2. The van der Waals surface area contributed by atoms with Crippen LogP contribution >= 0.6 is 15.9 Å². The quantitative estimate of drug-likeness (QED) is 0.621. The molecule has 130 valence electrons. The molecule has 8 heteroatoms. The maximum Gasteiger partial charge on any atom is 0.270 e. The Labute approximate surface area is 152 Å². The van der Waals surface area contributed by atoms with Gasteiger partial charge in [0.1, 0.15) is 0 Å². The minimum absolute atomic E-state index is 0.115. The molecule has 0 spiro atoms. The third-order valence-corrected chi connectivity index (χ3v) is 4.37. The second-order valence-corrected chi connectivity index (χ2v) is 6.44. The number of nitro groups is 1. The van der Waals surface area contributed by atoms with Crippen molar-refractivity contribution in [3.8, 4) is 0 Å². The molecule has 2 aromatic carbocycles. The van der Waals surface area contributed by atoms with E-state index in [0.717, 1.165) is 23.2 Å². The van der Waals surface area contributed by atoms with Crippen LogP contribution in [0.15, 0.2) is 46.9 Å². The highest BCUT2D eigenvalue weighted by molar-refractivity contribution is 9.10. The van der Waals surface area contributed by atoms with E-state index in [1.165, 1.54) is 18.2 Å². The summed E-state index contributed by atoms with van der Waals surface area (Å²) in [5.74, 6) is -0.392. The molecule has 0 saturated carbocycles. The van der Waals surface area contributed by atoms with Gasteiger partial charge in [0.05, 0.1) is 29.5 Å². The second kappa shape index (κ2) is 7.62. The highest BCUT2D eigenvalue weighted by Gasteiger charge is 2.18. The molecule has 1 aliphatic rings. The van der Waals surface area contributed by atoms with Gasteiger partial charge < -0.3 is 15.0 Å². The standard InChI is InChI=1S/C17H16BrN3O4/c18-13-4-5-16(20-6-8-25-9-7-20)15(11-13)19-17(22)12-2-1-3-14(10-12)21(23)24/h1-5,10-11H,6-9H2,(H,19,22). The van der Waals surface area contributed by atoms with E-state index in [4.69, 9.17) is 4.74 Å². The number of nitrogens with zero attached hydrogens (tertiary/aromatic N) is 2. The monoisotopic (exact) mass is 405 g/mol. The number of ether oxygens (including phenoxy) is 1. The number of hydrogen-bond acceptors (Lipinski definition) is 5. The highest BCUT2D eigenvalue weighted by atomic mass is 79.9. The fourth-order valence-corrected chi connectivity index (χ4v) is 3.00. The summed E-state index contributed by atoms with van der Waals surface area (Å²) in [6.07, 6.45) is 0. The van der Waals surface area contributed by atoms with Crippen LogP contribution in [0, 0.1) is 10.1 Å². The first-order chi connectivity index (χ1) is 12.0. The van der Waals surface area contributed by atoms with Gasteiger partial charge in [-0.25, -0.2) is 0 Å². The Balaban J connectivity index is 1.86. The van der Waals surface area contributed by atoms with Gasteiger partial charge in [0.25, 0.3) is 11.6 Å². The molecule has 1 aliphatic heterocycles. The lowest BCUT2D eigenvalue weighted by Gasteiger charge is -2.30. The first-order valence-electron chi connectivity index (χ1n) is 7.72. The van der Waals surface area contributed by atoms with Crippen molar-refractivity contribution >= 4 is 38.9 Å². The zero-order valence-corrected chi connectivity index (χ0v) is 14.9. The van der Waals surface area contributed by atoms with Gasteiger partial charge in [0.15, 0.2) is 0 Å².